The van der Waals surface area contributed by atoms with E-state index in [0.29, 0.717) is 25.3 Å². The minimum Gasteiger partial charge on any atom is -0.379 e. The molecule has 2 aromatic rings. The molecule has 1 aliphatic rings. The van der Waals surface area contributed by atoms with Crippen LogP contribution in [0.4, 0.5) is 0 Å². The first-order valence-corrected chi connectivity index (χ1v) is 9.22. The molecule has 5 nitrogen and oxygen atoms in total. The Morgan fingerprint density at radius 2 is 2.04 bits per heavy atom. The summed E-state index contributed by atoms with van der Waals surface area (Å²) in [7, 11) is 0. The highest BCUT2D eigenvalue weighted by atomic mass is 35.5. The molecule has 0 bridgehead atoms. The van der Waals surface area contributed by atoms with Crippen molar-refractivity contribution in [1.29, 1.82) is 0 Å². The fourth-order valence-corrected chi connectivity index (χ4v) is 3.49. The van der Waals surface area contributed by atoms with Crippen molar-refractivity contribution >= 4 is 17.5 Å². The third-order valence-corrected chi connectivity index (χ3v) is 4.89. The Kier molecular flexibility index (Phi) is 6.25. The van der Waals surface area contributed by atoms with Crippen LogP contribution < -0.4 is 5.32 Å². The second-order valence-electron chi connectivity index (χ2n) is 6.58. The molecule has 6 heteroatoms. The first kappa shape index (κ1) is 18.8. The highest BCUT2D eigenvalue weighted by molar-refractivity contribution is 6.32. The van der Waals surface area contributed by atoms with Gasteiger partial charge in [0.1, 0.15) is 5.15 Å². The zero-order valence-electron chi connectivity index (χ0n) is 15.2. The third kappa shape index (κ3) is 4.61. The molecule has 0 saturated carbocycles. The van der Waals surface area contributed by atoms with Gasteiger partial charge in [0, 0.05) is 25.3 Å². The summed E-state index contributed by atoms with van der Waals surface area (Å²) in [6.07, 6.45) is 0. The van der Waals surface area contributed by atoms with E-state index in [1.807, 2.05) is 6.92 Å². The average molecular weight is 374 g/mol. The largest absolute Gasteiger partial charge is 0.379 e. The molecule has 0 radical (unpaired) electrons. The number of carbonyl (C=O) groups excluding carboxylic acids is 1. The standard InChI is InChI=1S/C20H24ClN3O2/c1-14-4-3-5-16(12-14)18(24-8-10-26-11-9-24)13-22-20(25)17-7-6-15(2)23-19(17)21/h3-7,12,18H,8-11,13H2,1-2H3,(H,22,25)/t18-/m1/s1. The highest BCUT2D eigenvalue weighted by Crippen LogP contribution is 2.23. The number of amides is 1. The second-order valence-corrected chi connectivity index (χ2v) is 6.94. The van der Waals surface area contributed by atoms with Gasteiger partial charge in [-0.3, -0.25) is 9.69 Å². The Labute approximate surface area is 159 Å². The number of halogens is 1. The minimum atomic E-state index is -0.201. The molecule has 2 heterocycles. The number of carbonyl (C=O) groups is 1. The molecule has 1 aromatic heterocycles. The normalized spacial score (nSPS) is 16.3. The van der Waals surface area contributed by atoms with Crippen LogP contribution in [0.25, 0.3) is 0 Å². The van der Waals surface area contributed by atoms with Gasteiger partial charge >= 0.3 is 0 Å². The van der Waals surface area contributed by atoms with Crippen LogP contribution in [0.5, 0.6) is 0 Å². The van der Waals surface area contributed by atoms with Crippen molar-refractivity contribution in [3.8, 4) is 0 Å². The van der Waals surface area contributed by atoms with Gasteiger partial charge in [-0.15, -0.1) is 0 Å². The van der Waals surface area contributed by atoms with E-state index < -0.39 is 0 Å². The number of pyridine rings is 1. The summed E-state index contributed by atoms with van der Waals surface area (Å²) in [5.74, 6) is -0.201. The van der Waals surface area contributed by atoms with Crippen molar-refractivity contribution in [2.75, 3.05) is 32.8 Å². The van der Waals surface area contributed by atoms with Crippen LogP contribution in [0.15, 0.2) is 36.4 Å². The SMILES string of the molecule is Cc1cccc([C@@H](CNC(=O)c2ccc(C)nc2Cl)N2CCOCC2)c1. The molecule has 1 aromatic carbocycles. The van der Waals surface area contributed by atoms with Gasteiger partial charge in [-0.05, 0) is 31.5 Å². The first-order chi connectivity index (χ1) is 12.5. The Morgan fingerprint density at radius 3 is 2.73 bits per heavy atom. The Hall–Kier alpha value is -1.95. The molecule has 0 spiro atoms. The number of benzene rings is 1. The van der Waals surface area contributed by atoms with Gasteiger partial charge in [-0.1, -0.05) is 41.4 Å². The fourth-order valence-electron chi connectivity index (χ4n) is 3.20. The summed E-state index contributed by atoms with van der Waals surface area (Å²) >= 11 is 6.13. The predicted octanol–water partition coefficient (Wildman–Crippen LogP) is 3.16. The van der Waals surface area contributed by atoms with E-state index in [4.69, 9.17) is 16.3 Å². The molecule has 1 amide bonds. The molecule has 26 heavy (non-hydrogen) atoms. The smallest absolute Gasteiger partial charge is 0.254 e. The second kappa shape index (κ2) is 8.62. The van der Waals surface area contributed by atoms with Crippen molar-refractivity contribution in [2.45, 2.75) is 19.9 Å². The lowest BCUT2D eigenvalue weighted by atomic mass is 10.0. The molecule has 1 aliphatic heterocycles. The Balaban J connectivity index is 1.76. The quantitative estimate of drug-likeness (QED) is 0.818. The van der Waals surface area contributed by atoms with Crippen LogP contribution in [0.3, 0.4) is 0 Å². The van der Waals surface area contributed by atoms with Crippen LogP contribution in [0, 0.1) is 13.8 Å². The van der Waals surface area contributed by atoms with Crippen molar-refractivity contribution in [1.82, 2.24) is 15.2 Å². The van der Waals surface area contributed by atoms with E-state index in [-0.39, 0.29) is 17.1 Å². The molecule has 1 N–H and O–H groups in total. The van der Waals surface area contributed by atoms with Gasteiger partial charge in [0.2, 0.25) is 0 Å². The molecule has 1 atom stereocenters. The summed E-state index contributed by atoms with van der Waals surface area (Å²) in [6, 6.07) is 12.0. The van der Waals surface area contributed by atoms with Gasteiger partial charge < -0.3 is 10.1 Å². The number of hydrogen-bond acceptors (Lipinski definition) is 4. The summed E-state index contributed by atoms with van der Waals surface area (Å²) in [5, 5.41) is 3.27. The van der Waals surface area contributed by atoms with E-state index in [1.54, 1.807) is 12.1 Å². The maximum atomic E-state index is 12.6. The third-order valence-electron chi connectivity index (χ3n) is 4.60. The van der Waals surface area contributed by atoms with Crippen LogP contribution in [0.2, 0.25) is 5.15 Å². The van der Waals surface area contributed by atoms with Gasteiger partial charge in [-0.2, -0.15) is 0 Å². The van der Waals surface area contributed by atoms with Crippen LogP contribution >= 0.6 is 11.6 Å². The summed E-state index contributed by atoms with van der Waals surface area (Å²) in [5.41, 5.74) is 3.60. The maximum absolute atomic E-state index is 12.6. The van der Waals surface area contributed by atoms with E-state index in [9.17, 15) is 4.79 Å². The number of rotatable bonds is 5. The molecule has 0 unspecified atom stereocenters. The van der Waals surface area contributed by atoms with Crippen molar-refractivity contribution in [2.24, 2.45) is 0 Å². The van der Waals surface area contributed by atoms with Crippen LogP contribution in [-0.4, -0.2) is 48.6 Å². The monoisotopic (exact) mass is 373 g/mol. The number of nitrogens with one attached hydrogen (secondary N) is 1. The van der Waals surface area contributed by atoms with Gasteiger partial charge in [0.25, 0.3) is 5.91 Å². The van der Waals surface area contributed by atoms with Crippen molar-refractivity contribution < 1.29 is 9.53 Å². The summed E-state index contributed by atoms with van der Waals surface area (Å²) < 4.78 is 5.48. The number of aromatic nitrogens is 1. The molecule has 138 valence electrons. The lowest BCUT2D eigenvalue weighted by Crippen LogP contribution is -2.43. The number of nitrogens with zero attached hydrogens (tertiary/aromatic N) is 2. The van der Waals surface area contributed by atoms with E-state index in [0.717, 1.165) is 18.8 Å². The van der Waals surface area contributed by atoms with E-state index in [2.05, 4.69) is 46.4 Å². The van der Waals surface area contributed by atoms with E-state index in [1.165, 1.54) is 11.1 Å². The minimum absolute atomic E-state index is 0.0972. The Bertz CT molecular complexity index is 775. The summed E-state index contributed by atoms with van der Waals surface area (Å²) in [6.45, 7) is 7.55. The number of aryl methyl sites for hydroxylation is 2. The lowest BCUT2D eigenvalue weighted by molar-refractivity contribution is 0.0162. The van der Waals surface area contributed by atoms with Crippen LogP contribution in [-0.2, 0) is 4.74 Å². The zero-order valence-corrected chi connectivity index (χ0v) is 15.9. The highest BCUT2D eigenvalue weighted by Gasteiger charge is 2.24. The molecular weight excluding hydrogens is 350 g/mol. The van der Waals surface area contributed by atoms with E-state index >= 15 is 0 Å². The number of ether oxygens (including phenoxy) is 1. The molecule has 0 aliphatic carbocycles. The van der Waals surface area contributed by atoms with Crippen molar-refractivity contribution in [3.63, 3.8) is 0 Å². The average Bonchev–Trinajstić information content (AvgIpc) is 2.63. The van der Waals surface area contributed by atoms with Gasteiger partial charge in [-0.25, -0.2) is 4.98 Å². The maximum Gasteiger partial charge on any atom is 0.254 e. The fraction of sp³-hybridized carbons (Fsp3) is 0.400. The first-order valence-electron chi connectivity index (χ1n) is 8.84. The topological polar surface area (TPSA) is 54.5 Å². The summed E-state index contributed by atoms with van der Waals surface area (Å²) in [4.78, 5) is 19.1. The molecule has 3 rings (SSSR count). The zero-order chi connectivity index (χ0) is 18.5. The molecule has 1 fully saturated rings. The predicted molar refractivity (Wildman–Crippen MR) is 103 cm³/mol. The van der Waals surface area contributed by atoms with Crippen LogP contribution in [0.1, 0.15) is 33.2 Å². The molecular formula is C20H24ClN3O2. The van der Waals surface area contributed by atoms with Crippen molar-refractivity contribution in [3.05, 3.63) is 63.9 Å². The van der Waals surface area contributed by atoms with Gasteiger partial charge in [0.05, 0.1) is 24.8 Å². The number of morpholine rings is 1. The molecule has 1 saturated heterocycles. The Morgan fingerprint density at radius 1 is 1.27 bits per heavy atom. The lowest BCUT2D eigenvalue weighted by Gasteiger charge is -2.35. The number of hydrogen-bond donors (Lipinski definition) is 1. The van der Waals surface area contributed by atoms with Gasteiger partial charge in [0.15, 0.2) is 0 Å².